The molecule has 2 aliphatic heterocycles. The maximum absolute atomic E-state index is 11.4. The van der Waals surface area contributed by atoms with Crippen LogP contribution in [0.2, 0.25) is 0 Å². The van der Waals surface area contributed by atoms with E-state index in [-0.39, 0.29) is 23.3 Å². The van der Waals surface area contributed by atoms with Crippen molar-refractivity contribution in [2.24, 2.45) is 17.6 Å². The topological polar surface area (TPSA) is 73.6 Å². The van der Waals surface area contributed by atoms with Gasteiger partial charge in [-0.3, -0.25) is 10.1 Å². The van der Waals surface area contributed by atoms with Crippen molar-refractivity contribution in [1.29, 1.82) is 0 Å². The first-order valence-electron chi connectivity index (χ1n) is 7.51. The van der Waals surface area contributed by atoms with Gasteiger partial charge in [-0.2, -0.15) is 0 Å². The zero-order valence-corrected chi connectivity index (χ0v) is 11.2. The van der Waals surface area contributed by atoms with Gasteiger partial charge in [0.2, 0.25) is 5.91 Å². The summed E-state index contributed by atoms with van der Waals surface area (Å²) < 4.78 is 12.0. The van der Waals surface area contributed by atoms with Gasteiger partial charge in [0, 0.05) is 17.9 Å². The number of piperidine rings is 1. The third kappa shape index (κ3) is 1.61. The van der Waals surface area contributed by atoms with Crippen molar-refractivity contribution in [3.63, 3.8) is 0 Å². The summed E-state index contributed by atoms with van der Waals surface area (Å²) in [5.41, 5.74) is 5.51. The van der Waals surface area contributed by atoms with Crippen molar-refractivity contribution in [2.45, 2.75) is 55.9 Å². The van der Waals surface area contributed by atoms with Crippen LogP contribution in [0.4, 0.5) is 0 Å². The second kappa shape index (κ2) is 3.93. The van der Waals surface area contributed by atoms with Crippen molar-refractivity contribution in [3.05, 3.63) is 0 Å². The lowest BCUT2D eigenvalue weighted by Crippen LogP contribution is -2.55. The Morgan fingerprint density at radius 1 is 1.26 bits per heavy atom. The molecule has 19 heavy (non-hydrogen) atoms. The molecule has 3 N–H and O–H groups in total. The van der Waals surface area contributed by atoms with E-state index in [1.54, 1.807) is 0 Å². The van der Waals surface area contributed by atoms with Crippen LogP contribution in [0.15, 0.2) is 0 Å². The Labute approximate surface area is 113 Å². The van der Waals surface area contributed by atoms with Gasteiger partial charge in [0.15, 0.2) is 5.79 Å². The van der Waals surface area contributed by atoms with Crippen molar-refractivity contribution in [2.75, 3.05) is 13.2 Å². The van der Waals surface area contributed by atoms with E-state index in [1.807, 2.05) is 0 Å². The first-order chi connectivity index (χ1) is 9.16. The van der Waals surface area contributed by atoms with Gasteiger partial charge in [0.25, 0.3) is 0 Å². The zero-order valence-electron chi connectivity index (χ0n) is 11.2. The predicted octanol–water partition coefficient (Wildman–Crippen LogP) is 0.526. The van der Waals surface area contributed by atoms with Crippen LogP contribution in [0.1, 0.15) is 38.5 Å². The van der Waals surface area contributed by atoms with Gasteiger partial charge < -0.3 is 15.2 Å². The summed E-state index contributed by atoms with van der Waals surface area (Å²) in [5, 5.41) is 3.53. The first kappa shape index (κ1) is 12.1. The number of hydrogen-bond acceptors (Lipinski definition) is 4. The molecule has 5 heteroatoms. The Kier molecular flexibility index (Phi) is 2.51. The number of fused-ring (bicyclic) bond motifs is 1. The molecular formula is C14H22N2O3. The normalized spacial score (nSPS) is 47.3. The van der Waals surface area contributed by atoms with Crippen LogP contribution in [-0.4, -0.2) is 36.5 Å². The highest BCUT2D eigenvalue weighted by atomic mass is 16.7. The number of primary amides is 1. The predicted molar refractivity (Wildman–Crippen MR) is 68.2 cm³/mol. The first-order valence-corrected chi connectivity index (χ1v) is 7.51. The van der Waals surface area contributed by atoms with Crippen LogP contribution in [0.25, 0.3) is 0 Å². The van der Waals surface area contributed by atoms with E-state index in [0.29, 0.717) is 25.0 Å². The molecule has 2 saturated heterocycles. The van der Waals surface area contributed by atoms with Gasteiger partial charge in [0.05, 0.1) is 19.3 Å². The molecule has 4 rings (SSSR count). The Morgan fingerprint density at radius 3 is 2.74 bits per heavy atom. The number of nitrogens with one attached hydrogen (secondary N) is 1. The molecule has 4 atom stereocenters. The molecule has 3 unspecified atom stereocenters. The van der Waals surface area contributed by atoms with Crippen molar-refractivity contribution in [1.82, 2.24) is 5.32 Å². The van der Waals surface area contributed by atoms with Crippen molar-refractivity contribution in [3.8, 4) is 0 Å². The molecule has 0 aromatic carbocycles. The van der Waals surface area contributed by atoms with E-state index in [4.69, 9.17) is 15.2 Å². The number of carbonyl (C=O) groups excluding carboxylic acids is 1. The van der Waals surface area contributed by atoms with Crippen LogP contribution < -0.4 is 11.1 Å². The summed E-state index contributed by atoms with van der Waals surface area (Å²) in [6.45, 7) is 1.41. The smallest absolute Gasteiger partial charge is 0.234 e. The molecule has 0 aromatic rings. The summed E-state index contributed by atoms with van der Waals surface area (Å²) in [6.07, 6.45) is 6.58. The molecule has 4 aliphatic rings. The maximum Gasteiger partial charge on any atom is 0.234 e. The van der Waals surface area contributed by atoms with E-state index in [9.17, 15) is 4.79 Å². The molecule has 0 radical (unpaired) electrons. The minimum absolute atomic E-state index is 0.0600. The fourth-order valence-electron chi connectivity index (χ4n) is 4.78. The fraction of sp³-hybridized carbons (Fsp3) is 0.929. The molecule has 2 heterocycles. The monoisotopic (exact) mass is 266 g/mol. The molecule has 0 bridgehead atoms. The maximum atomic E-state index is 11.4. The molecule has 5 nitrogen and oxygen atoms in total. The number of hydrogen-bond donors (Lipinski definition) is 2. The third-order valence-corrected chi connectivity index (χ3v) is 5.66. The van der Waals surface area contributed by atoms with Crippen LogP contribution in [-0.2, 0) is 14.3 Å². The van der Waals surface area contributed by atoms with Crippen LogP contribution >= 0.6 is 0 Å². The van der Waals surface area contributed by atoms with Gasteiger partial charge in [0.1, 0.15) is 0 Å². The zero-order chi connectivity index (χ0) is 13.1. The molecule has 4 fully saturated rings. The standard InChI is InChI=1S/C14H22N2O3/c15-12(17)10-7-9-8-13(9,16-10)11-3-1-2-4-14(11)18-5-6-19-14/h9-11,16H,1-8H2,(H2,15,17)/t9?,10?,11-,13?/m0/s1. The lowest BCUT2D eigenvalue weighted by Gasteiger charge is -2.44. The van der Waals surface area contributed by atoms with E-state index < -0.39 is 0 Å². The fourth-order valence-corrected chi connectivity index (χ4v) is 4.78. The van der Waals surface area contributed by atoms with E-state index >= 15 is 0 Å². The van der Waals surface area contributed by atoms with Gasteiger partial charge in [-0.15, -0.1) is 0 Å². The summed E-state index contributed by atoms with van der Waals surface area (Å²) in [7, 11) is 0. The number of nitrogens with two attached hydrogens (primary N) is 1. The summed E-state index contributed by atoms with van der Waals surface area (Å²) >= 11 is 0. The molecule has 2 saturated carbocycles. The Hall–Kier alpha value is -0.650. The van der Waals surface area contributed by atoms with E-state index in [0.717, 1.165) is 25.7 Å². The van der Waals surface area contributed by atoms with Crippen molar-refractivity contribution >= 4 is 5.91 Å². The minimum Gasteiger partial charge on any atom is -0.368 e. The highest BCUT2D eigenvalue weighted by molar-refractivity contribution is 5.80. The largest absolute Gasteiger partial charge is 0.368 e. The van der Waals surface area contributed by atoms with Gasteiger partial charge >= 0.3 is 0 Å². The molecule has 0 aromatic heterocycles. The number of amides is 1. The van der Waals surface area contributed by atoms with Gasteiger partial charge in [-0.1, -0.05) is 6.42 Å². The lowest BCUT2D eigenvalue weighted by atomic mass is 9.76. The SMILES string of the molecule is NC(=O)C1CC2CC2([C@@H]2CCCCC23OCCO3)N1. The van der Waals surface area contributed by atoms with Crippen LogP contribution in [0.5, 0.6) is 0 Å². The highest BCUT2D eigenvalue weighted by Gasteiger charge is 2.70. The molecule has 1 spiro atoms. The number of ether oxygens (including phenoxy) is 2. The quantitative estimate of drug-likeness (QED) is 0.764. The molecule has 2 aliphatic carbocycles. The lowest BCUT2D eigenvalue weighted by molar-refractivity contribution is -0.222. The average Bonchev–Trinajstić information content (AvgIpc) is 2.76. The number of carbonyl (C=O) groups is 1. The second-order valence-electron chi connectivity index (χ2n) is 6.58. The van der Waals surface area contributed by atoms with Crippen LogP contribution in [0.3, 0.4) is 0 Å². The van der Waals surface area contributed by atoms with Gasteiger partial charge in [-0.25, -0.2) is 0 Å². The Bertz CT molecular complexity index is 407. The van der Waals surface area contributed by atoms with Gasteiger partial charge in [-0.05, 0) is 31.6 Å². The highest BCUT2D eigenvalue weighted by Crippen LogP contribution is 2.62. The van der Waals surface area contributed by atoms with E-state index in [1.165, 1.54) is 12.8 Å². The summed E-state index contributed by atoms with van der Waals surface area (Å²) in [6, 6.07) is -0.154. The second-order valence-corrected chi connectivity index (χ2v) is 6.58. The minimum atomic E-state index is -0.382. The summed E-state index contributed by atoms with van der Waals surface area (Å²) in [4.78, 5) is 11.4. The Morgan fingerprint density at radius 2 is 2.05 bits per heavy atom. The average molecular weight is 266 g/mol. The van der Waals surface area contributed by atoms with E-state index in [2.05, 4.69) is 5.32 Å². The third-order valence-electron chi connectivity index (χ3n) is 5.66. The van der Waals surface area contributed by atoms with Crippen LogP contribution in [0, 0.1) is 11.8 Å². The molecule has 106 valence electrons. The summed E-state index contributed by atoms with van der Waals surface area (Å²) in [5.74, 6) is 0.361. The molecule has 1 amide bonds. The van der Waals surface area contributed by atoms with Crippen molar-refractivity contribution < 1.29 is 14.3 Å². The number of rotatable bonds is 2. The Balaban J connectivity index is 1.59. The molecular weight excluding hydrogens is 244 g/mol.